The molecule has 1 aromatic carbocycles. The number of hydrogen-bond acceptors (Lipinski definition) is 2. The van der Waals surface area contributed by atoms with Crippen LogP contribution in [0.1, 0.15) is 12.5 Å². The lowest BCUT2D eigenvalue weighted by atomic mass is 10.2. The zero-order valence-corrected chi connectivity index (χ0v) is 9.79. The van der Waals surface area contributed by atoms with Crippen molar-refractivity contribution in [2.24, 2.45) is 0 Å². The van der Waals surface area contributed by atoms with Crippen LogP contribution < -0.4 is 4.74 Å². The van der Waals surface area contributed by atoms with E-state index in [9.17, 15) is 9.18 Å². The van der Waals surface area contributed by atoms with Crippen molar-refractivity contribution in [3.05, 3.63) is 29.6 Å². The van der Waals surface area contributed by atoms with Crippen molar-refractivity contribution >= 4 is 5.91 Å². The number of rotatable bonds is 4. The van der Waals surface area contributed by atoms with Crippen LogP contribution in [0.2, 0.25) is 0 Å². The zero-order valence-electron chi connectivity index (χ0n) is 9.79. The maximum Gasteiger partial charge on any atom is 0.260 e. The van der Waals surface area contributed by atoms with Crippen molar-refractivity contribution < 1.29 is 13.9 Å². The summed E-state index contributed by atoms with van der Waals surface area (Å²) >= 11 is 0. The molecule has 0 aromatic heterocycles. The van der Waals surface area contributed by atoms with Crippen LogP contribution in [-0.2, 0) is 4.79 Å². The first-order valence-corrected chi connectivity index (χ1v) is 5.17. The standard InChI is InChI=1S/C12H16FNO2/c1-4-14(3)12(15)8-16-11-7-10(13)6-5-9(11)2/h5-7H,4,8H2,1-3H3. The molecule has 0 spiro atoms. The third-order valence-electron chi connectivity index (χ3n) is 2.40. The summed E-state index contributed by atoms with van der Waals surface area (Å²) in [6.45, 7) is 4.26. The van der Waals surface area contributed by atoms with Crippen molar-refractivity contribution in [2.45, 2.75) is 13.8 Å². The molecule has 0 saturated heterocycles. The van der Waals surface area contributed by atoms with E-state index in [1.807, 2.05) is 13.8 Å². The maximum absolute atomic E-state index is 12.9. The van der Waals surface area contributed by atoms with Crippen LogP contribution in [-0.4, -0.2) is 31.0 Å². The maximum atomic E-state index is 12.9. The molecule has 0 aliphatic rings. The van der Waals surface area contributed by atoms with E-state index in [1.54, 1.807) is 18.0 Å². The number of carbonyl (C=O) groups excluding carboxylic acids is 1. The van der Waals surface area contributed by atoms with Gasteiger partial charge in [0.2, 0.25) is 0 Å². The number of benzene rings is 1. The summed E-state index contributed by atoms with van der Waals surface area (Å²) in [5.74, 6) is -0.0686. The minimum absolute atomic E-state index is 0.0609. The molecular formula is C12H16FNO2. The normalized spacial score (nSPS) is 10.0. The number of likely N-dealkylation sites (N-methyl/N-ethyl adjacent to an activating group) is 1. The summed E-state index contributed by atoms with van der Waals surface area (Å²) in [5, 5.41) is 0. The van der Waals surface area contributed by atoms with Gasteiger partial charge in [0.05, 0.1) is 0 Å². The summed E-state index contributed by atoms with van der Waals surface area (Å²) in [4.78, 5) is 13.0. The third-order valence-corrected chi connectivity index (χ3v) is 2.40. The van der Waals surface area contributed by atoms with E-state index in [0.717, 1.165) is 5.56 Å². The predicted octanol–water partition coefficient (Wildman–Crippen LogP) is 1.99. The van der Waals surface area contributed by atoms with E-state index >= 15 is 0 Å². The van der Waals surface area contributed by atoms with Crippen molar-refractivity contribution in [3.8, 4) is 5.75 Å². The molecule has 0 unspecified atom stereocenters. The van der Waals surface area contributed by atoms with E-state index in [-0.39, 0.29) is 18.3 Å². The van der Waals surface area contributed by atoms with Crippen molar-refractivity contribution in [2.75, 3.05) is 20.2 Å². The van der Waals surface area contributed by atoms with Crippen LogP contribution in [0.25, 0.3) is 0 Å². The molecule has 4 heteroatoms. The Balaban J connectivity index is 2.61. The Kier molecular flexibility index (Phi) is 4.28. The molecule has 0 saturated carbocycles. The molecule has 1 aromatic rings. The Morgan fingerprint density at radius 3 is 2.81 bits per heavy atom. The zero-order chi connectivity index (χ0) is 12.1. The molecule has 1 rings (SSSR count). The number of halogens is 1. The van der Waals surface area contributed by atoms with Gasteiger partial charge in [-0.3, -0.25) is 4.79 Å². The summed E-state index contributed by atoms with van der Waals surface area (Å²) in [5.41, 5.74) is 0.813. The van der Waals surface area contributed by atoms with Gasteiger partial charge in [0.15, 0.2) is 6.61 Å². The molecule has 0 bridgehead atoms. The molecule has 0 heterocycles. The minimum Gasteiger partial charge on any atom is -0.483 e. The Morgan fingerprint density at radius 1 is 1.50 bits per heavy atom. The summed E-state index contributed by atoms with van der Waals surface area (Å²) < 4.78 is 18.2. The van der Waals surface area contributed by atoms with Crippen LogP contribution in [0.15, 0.2) is 18.2 Å². The van der Waals surface area contributed by atoms with Gasteiger partial charge in [-0.15, -0.1) is 0 Å². The largest absolute Gasteiger partial charge is 0.483 e. The molecule has 0 aliphatic carbocycles. The third kappa shape index (κ3) is 3.22. The van der Waals surface area contributed by atoms with Crippen molar-refractivity contribution in [1.29, 1.82) is 0 Å². The highest BCUT2D eigenvalue weighted by molar-refractivity contribution is 5.77. The smallest absolute Gasteiger partial charge is 0.260 e. The number of ether oxygens (including phenoxy) is 1. The molecule has 88 valence electrons. The highest BCUT2D eigenvalue weighted by Crippen LogP contribution is 2.18. The molecule has 0 N–H and O–H groups in total. The highest BCUT2D eigenvalue weighted by atomic mass is 19.1. The van der Waals surface area contributed by atoms with Crippen LogP contribution >= 0.6 is 0 Å². The van der Waals surface area contributed by atoms with Crippen molar-refractivity contribution in [3.63, 3.8) is 0 Å². The second-order valence-corrected chi connectivity index (χ2v) is 3.61. The number of nitrogens with zero attached hydrogens (tertiary/aromatic N) is 1. The van der Waals surface area contributed by atoms with Gasteiger partial charge in [-0.05, 0) is 25.5 Å². The number of carbonyl (C=O) groups is 1. The number of hydrogen-bond donors (Lipinski definition) is 0. The van der Waals surface area contributed by atoms with E-state index < -0.39 is 0 Å². The van der Waals surface area contributed by atoms with E-state index in [1.165, 1.54) is 12.1 Å². The molecular weight excluding hydrogens is 209 g/mol. The first-order chi connectivity index (χ1) is 7.54. The molecule has 16 heavy (non-hydrogen) atoms. The first kappa shape index (κ1) is 12.5. The van der Waals surface area contributed by atoms with Gasteiger partial charge >= 0.3 is 0 Å². The van der Waals surface area contributed by atoms with Gasteiger partial charge in [-0.1, -0.05) is 6.07 Å². The van der Waals surface area contributed by atoms with E-state index in [4.69, 9.17) is 4.74 Å². The average molecular weight is 225 g/mol. The Hall–Kier alpha value is -1.58. The van der Waals surface area contributed by atoms with E-state index in [0.29, 0.717) is 12.3 Å². The van der Waals surface area contributed by atoms with Crippen LogP contribution in [0.3, 0.4) is 0 Å². The second kappa shape index (κ2) is 5.49. The minimum atomic E-state index is -0.364. The predicted molar refractivity (Wildman–Crippen MR) is 59.9 cm³/mol. The SMILES string of the molecule is CCN(C)C(=O)COc1cc(F)ccc1C. The molecule has 0 aliphatic heterocycles. The molecule has 0 radical (unpaired) electrons. The second-order valence-electron chi connectivity index (χ2n) is 3.61. The van der Waals surface area contributed by atoms with E-state index in [2.05, 4.69) is 0 Å². The summed E-state index contributed by atoms with van der Waals surface area (Å²) in [7, 11) is 1.70. The van der Waals surface area contributed by atoms with Gasteiger partial charge < -0.3 is 9.64 Å². The molecule has 0 atom stereocenters. The lowest BCUT2D eigenvalue weighted by molar-refractivity contribution is -0.131. The summed E-state index contributed by atoms with van der Waals surface area (Å²) in [6, 6.07) is 4.27. The van der Waals surface area contributed by atoms with Crippen molar-refractivity contribution in [1.82, 2.24) is 4.90 Å². The van der Waals surface area contributed by atoms with Crippen LogP contribution in [0, 0.1) is 12.7 Å². The van der Waals surface area contributed by atoms with Crippen LogP contribution in [0.4, 0.5) is 4.39 Å². The van der Waals surface area contributed by atoms with Gasteiger partial charge in [0, 0.05) is 19.7 Å². The van der Waals surface area contributed by atoms with Gasteiger partial charge in [0.25, 0.3) is 5.91 Å². The lowest BCUT2D eigenvalue weighted by Gasteiger charge is -2.15. The molecule has 0 fully saturated rings. The molecule has 1 amide bonds. The average Bonchev–Trinajstić information content (AvgIpc) is 2.28. The van der Waals surface area contributed by atoms with Gasteiger partial charge in [-0.2, -0.15) is 0 Å². The Morgan fingerprint density at radius 2 is 2.19 bits per heavy atom. The number of amides is 1. The number of aryl methyl sites for hydroxylation is 1. The Labute approximate surface area is 94.8 Å². The Bertz CT molecular complexity index is 379. The van der Waals surface area contributed by atoms with Gasteiger partial charge in [-0.25, -0.2) is 4.39 Å². The van der Waals surface area contributed by atoms with Gasteiger partial charge in [0.1, 0.15) is 11.6 Å². The molecule has 3 nitrogen and oxygen atoms in total. The fourth-order valence-electron chi connectivity index (χ4n) is 1.16. The lowest BCUT2D eigenvalue weighted by Crippen LogP contribution is -2.31. The monoisotopic (exact) mass is 225 g/mol. The summed E-state index contributed by atoms with van der Waals surface area (Å²) in [6.07, 6.45) is 0. The topological polar surface area (TPSA) is 29.5 Å². The highest BCUT2D eigenvalue weighted by Gasteiger charge is 2.08. The quantitative estimate of drug-likeness (QED) is 0.784. The fourth-order valence-corrected chi connectivity index (χ4v) is 1.16. The van der Waals surface area contributed by atoms with Crippen LogP contribution in [0.5, 0.6) is 5.75 Å². The first-order valence-electron chi connectivity index (χ1n) is 5.17. The fraction of sp³-hybridized carbons (Fsp3) is 0.417.